The van der Waals surface area contributed by atoms with Gasteiger partial charge in [0.25, 0.3) is 11.8 Å². The van der Waals surface area contributed by atoms with E-state index >= 15 is 0 Å². The quantitative estimate of drug-likeness (QED) is 0.459. The maximum Gasteiger partial charge on any atom is 0.261 e. The van der Waals surface area contributed by atoms with Crippen molar-refractivity contribution in [1.82, 2.24) is 5.32 Å². The van der Waals surface area contributed by atoms with Gasteiger partial charge in [-0.15, -0.1) is 0 Å². The van der Waals surface area contributed by atoms with E-state index in [9.17, 15) is 14.4 Å². The Balaban J connectivity index is 2.84. The van der Waals surface area contributed by atoms with Crippen LogP contribution in [0.1, 0.15) is 38.0 Å². The third-order valence-electron chi connectivity index (χ3n) is 2.38. The number of carbonyl (C=O) groups is 3. The van der Waals surface area contributed by atoms with E-state index in [2.05, 4.69) is 21.2 Å². The van der Waals surface area contributed by atoms with Crippen LogP contribution in [-0.2, 0) is 0 Å². The summed E-state index contributed by atoms with van der Waals surface area (Å²) in [5.41, 5.74) is 6.25. The van der Waals surface area contributed by atoms with Gasteiger partial charge >= 0.3 is 0 Å². The maximum atomic E-state index is 11.5. The Kier molecular flexibility index (Phi) is 2.31. The van der Waals surface area contributed by atoms with Crippen molar-refractivity contribution in [3.05, 3.63) is 27.2 Å². The van der Waals surface area contributed by atoms with E-state index in [4.69, 9.17) is 5.73 Å². The third-order valence-corrected chi connectivity index (χ3v) is 3.01. The Labute approximate surface area is 99.1 Å². The first kappa shape index (κ1) is 10.8. The second-order valence-electron chi connectivity index (χ2n) is 3.41. The molecule has 6 heteroatoms. The van der Waals surface area contributed by atoms with Gasteiger partial charge in [-0.2, -0.15) is 0 Å². The lowest BCUT2D eigenvalue weighted by molar-refractivity contribution is 0.0879. The number of benzene rings is 1. The molecular formula is C10H7BrN2O3. The van der Waals surface area contributed by atoms with E-state index in [1.165, 1.54) is 13.0 Å². The lowest BCUT2D eigenvalue weighted by Crippen LogP contribution is -2.20. The zero-order chi connectivity index (χ0) is 12.0. The van der Waals surface area contributed by atoms with Gasteiger partial charge in [-0.3, -0.25) is 19.7 Å². The van der Waals surface area contributed by atoms with Crippen LogP contribution in [0, 0.1) is 0 Å². The molecule has 3 N–H and O–H groups in total. The summed E-state index contributed by atoms with van der Waals surface area (Å²) in [6.45, 7) is 1.35. The van der Waals surface area contributed by atoms with Crippen LogP contribution < -0.4 is 11.1 Å². The first-order valence-electron chi connectivity index (χ1n) is 4.42. The Hall–Kier alpha value is -1.69. The fourth-order valence-corrected chi connectivity index (χ4v) is 2.25. The van der Waals surface area contributed by atoms with Crippen molar-refractivity contribution in [2.24, 2.45) is 0 Å². The Bertz CT molecular complexity index is 551. The van der Waals surface area contributed by atoms with Gasteiger partial charge in [0.2, 0.25) is 0 Å². The molecule has 1 heterocycles. The molecule has 0 aromatic heterocycles. The summed E-state index contributed by atoms with van der Waals surface area (Å²) < 4.78 is 0.394. The summed E-state index contributed by atoms with van der Waals surface area (Å²) in [5.74, 6) is -1.33. The molecule has 0 fully saturated rings. The first-order valence-corrected chi connectivity index (χ1v) is 5.21. The molecule has 0 unspecified atom stereocenters. The first-order chi connectivity index (χ1) is 7.43. The van der Waals surface area contributed by atoms with E-state index in [1.807, 2.05) is 0 Å². The number of ketones is 1. The zero-order valence-electron chi connectivity index (χ0n) is 8.26. The molecular weight excluding hydrogens is 276 g/mol. The SMILES string of the molecule is CC(=O)c1cc(Br)c2c(c1N)C(=O)NC2=O. The number of hydrogen-bond donors (Lipinski definition) is 2. The molecule has 2 rings (SSSR count). The number of nitrogens with one attached hydrogen (secondary N) is 1. The number of carbonyl (C=O) groups excluding carboxylic acids is 3. The molecule has 2 amide bonds. The second-order valence-corrected chi connectivity index (χ2v) is 4.26. The molecule has 0 atom stereocenters. The Morgan fingerprint density at radius 3 is 2.44 bits per heavy atom. The number of rotatable bonds is 1. The maximum absolute atomic E-state index is 11.5. The van der Waals surface area contributed by atoms with E-state index in [1.54, 1.807) is 0 Å². The largest absolute Gasteiger partial charge is 0.397 e. The molecule has 82 valence electrons. The van der Waals surface area contributed by atoms with E-state index in [0.717, 1.165) is 0 Å². The van der Waals surface area contributed by atoms with Gasteiger partial charge in [0.05, 0.1) is 16.8 Å². The van der Waals surface area contributed by atoms with Crippen molar-refractivity contribution in [2.45, 2.75) is 6.92 Å². The smallest absolute Gasteiger partial charge is 0.261 e. The van der Waals surface area contributed by atoms with Crippen LogP contribution in [-0.4, -0.2) is 17.6 Å². The lowest BCUT2D eigenvalue weighted by Gasteiger charge is -2.07. The number of halogens is 1. The lowest BCUT2D eigenvalue weighted by atomic mass is 10.0. The van der Waals surface area contributed by atoms with Crippen molar-refractivity contribution in [3.63, 3.8) is 0 Å². The van der Waals surface area contributed by atoms with Crippen LogP contribution in [0.4, 0.5) is 5.69 Å². The number of imide groups is 1. The number of Topliss-reactive ketones (excluding diaryl/α,β-unsaturated/α-hetero) is 1. The normalized spacial score (nSPS) is 13.6. The van der Waals surface area contributed by atoms with Gasteiger partial charge in [0.15, 0.2) is 5.78 Å². The number of fused-ring (bicyclic) bond motifs is 1. The summed E-state index contributed by atoms with van der Waals surface area (Å²) in [7, 11) is 0. The molecule has 0 aliphatic carbocycles. The topological polar surface area (TPSA) is 89.3 Å². The highest BCUT2D eigenvalue weighted by atomic mass is 79.9. The molecule has 16 heavy (non-hydrogen) atoms. The average Bonchev–Trinajstić information content (AvgIpc) is 2.48. The van der Waals surface area contributed by atoms with Crippen molar-refractivity contribution in [2.75, 3.05) is 5.73 Å². The van der Waals surface area contributed by atoms with Crippen molar-refractivity contribution in [3.8, 4) is 0 Å². The van der Waals surface area contributed by atoms with Crippen molar-refractivity contribution < 1.29 is 14.4 Å². The van der Waals surface area contributed by atoms with Crippen LogP contribution in [0.15, 0.2) is 10.5 Å². The molecule has 0 radical (unpaired) electrons. The van der Waals surface area contributed by atoms with Crippen LogP contribution in [0.3, 0.4) is 0 Å². The Morgan fingerprint density at radius 1 is 1.31 bits per heavy atom. The second kappa shape index (κ2) is 3.41. The molecule has 0 bridgehead atoms. The van der Waals surface area contributed by atoms with Crippen LogP contribution >= 0.6 is 15.9 Å². The van der Waals surface area contributed by atoms with E-state index in [0.29, 0.717) is 4.47 Å². The molecule has 1 aliphatic rings. The van der Waals surface area contributed by atoms with Crippen molar-refractivity contribution in [1.29, 1.82) is 0 Å². The van der Waals surface area contributed by atoms with E-state index in [-0.39, 0.29) is 28.2 Å². The molecule has 0 saturated heterocycles. The standard InChI is InChI=1S/C10H7BrN2O3/c1-3(14)4-2-5(11)6-7(8(4)12)10(16)13-9(6)15/h2H,12H2,1H3,(H,13,15,16). The van der Waals surface area contributed by atoms with Crippen LogP contribution in [0.5, 0.6) is 0 Å². The highest BCUT2D eigenvalue weighted by Crippen LogP contribution is 2.32. The highest BCUT2D eigenvalue weighted by Gasteiger charge is 2.33. The van der Waals surface area contributed by atoms with Crippen LogP contribution in [0.2, 0.25) is 0 Å². The summed E-state index contributed by atoms with van der Waals surface area (Å²) in [6, 6.07) is 1.45. The van der Waals surface area contributed by atoms with Gasteiger partial charge in [-0.05, 0) is 28.9 Å². The number of hydrogen-bond acceptors (Lipinski definition) is 4. The van der Waals surface area contributed by atoms with Gasteiger partial charge in [-0.25, -0.2) is 0 Å². The number of nitrogens with two attached hydrogens (primary N) is 1. The summed E-state index contributed by atoms with van der Waals surface area (Å²) in [5, 5.41) is 2.13. The highest BCUT2D eigenvalue weighted by molar-refractivity contribution is 9.10. The minimum absolute atomic E-state index is 0.0500. The van der Waals surface area contributed by atoms with Crippen molar-refractivity contribution >= 4 is 39.2 Å². The van der Waals surface area contributed by atoms with Crippen LogP contribution in [0.25, 0.3) is 0 Å². The van der Waals surface area contributed by atoms with Gasteiger partial charge in [0.1, 0.15) is 0 Å². The van der Waals surface area contributed by atoms with Gasteiger partial charge in [-0.1, -0.05) is 0 Å². The predicted octanol–water partition coefficient (Wildman–Crippen LogP) is 1.12. The molecule has 0 spiro atoms. The number of amides is 2. The fourth-order valence-electron chi connectivity index (χ4n) is 1.64. The molecule has 1 aliphatic heterocycles. The van der Waals surface area contributed by atoms with Gasteiger partial charge < -0.3 is 5.73 Å². The fraction of sp³-hybridized carbons (Fsp3) is 0.100. The average molecular weight is 283 g/mol. The minimum atomic E-state index is -0.568. The molecule has 0 saturated carbocycles. The predicted molar refractivity (Wildman–Crippen MR) is 60.4 cm³/mol. The monoisotopic (exact) mass is 282 g/mol. The third kappa shape index (κ3) is 1.34. The molecule has 1 aromatic rings. The number of anilines is 1. The van der Waals surface area contributed by atoms with E-state index < -0.39 is 11.8 Å². The summed E-state index contributed by atoms with van der Waals surface area (Å²) >= 11 is 3.15. The van der Waals surface area contributed by atoms with Gasteiger partial charge in [0, 0.05) is 10.0 Å². The molecule has 1 aromatic carbocycles. The Morgan fingerprint density at radius 2 is 1.88 bits per heavy atom. The zero-order valence-corrected chi connectivity index (χ0v) is 9.84. The minimum Gasteiger partial charge on any atom is -0.397 e. The summed E-state index contributed by atoms with van der Waals surface area (Å²) in [6.07, 6.45) is 0. The molecule has 5 nitrogen and oxygen atoms in total. The number of nitrogen functional groups attached to an aromatic ring is 1. The summed E-state index contributed by atoms with van der Waals surface area (Å²) in [4.78, 5) is 34.2.